The zero-order valence-electron chi connectivity index (χ0n) is 15.4. The summed E-state index contributed by atoms with van der Waals surface area (Å²) in [5.41, 5.74) is 3.72. The molecule has 0 spiro atoms. The van der Waals surface area contributed by atoms with Gasteiger partial charge >= 0.3 is 0 Å². The number of rotatable bonds is 4. The second-order valence-corrected chi connectivity index (χ2v) is 7.89. The number of aromatic nitrogens is 2. The summed E-state index contributed by atoms with van der Waals surface area (Å²) in [6, 6.07) is 17.2. The van der Waals surface area contributed by atoms with Gasteiger partial charge in [-0.25, -0.2) is 9.97 Å². The molecule has 0 aliphatic heterocycles. The first-order chi connectivity index (χ1) is 14.2. The van der Waals surface area contributed by atoms with Gasteiger partial charge in [0.1, 0.15) is 17.2 Å². The first-order valence-corrected chi connectivity index (χ1v) is 10.0. The molecule has 2 N–H and O–H groups in total. The monoisotopic (exact) mass is 399 g/mol. The van der Waals surface area contributed by atoms with Crippen LogP contribution in [0, 0.1) is 12.3 Å². The fraction of sp³-hybridized carbons (Fsp3) is 0.130. The first-order valence-electron chi connectivity index (χ1n) is 9.23. The van der Waals surface area contributed by atoms with E-state index in [1.807, 2.05) is 30.3 Å². The number of pyridine rings is 1. The second kappa shape index (κ2) is 7.21. The number of aliphatic hydroxyl groups excluding tert-OH is 1. The average molecular weight is 399 g/mol. The van der Waals surface area contributed by atoms with Gasteiger partial charge in [0.2, 0.25) is 0 Å². The van der Waals surface area contributed by atoms with E-state index in [4.69, 9.17) is 11.2 Å². The highest BCUT2D eigenvalue weighted by Crippen LogP contribution is 2.37. The van der Waals surface area contributed by atoms with Gasteiger partial charge < -0.3 is 15.2 Å². The highest BCUT2D eigenvalue weighted by atomic mass is 32.1. The number of fused-ring (bicyclic) bond motifs is 2. The molecule has 2 aromatic carbocycles. The molecule has 0 fully saturated rings. The van der Waals surface area contributed by atoms with E-state index in [2.05, 4.69) is 33.3 Å². The molecule has 2 aromatic heterocycles. The fourth-order valence-corrected chi connectivity index (χ4v) is 4.53. The van der Waals surface area contributed by atoms with Crippen LogP contribution in [0.1, 0.15) is 22.9 Å². The van der Waals surface area contributed by atoms with Crippen molar-refractivity contribution in [3.63, 3.8) is 0 Å². The number of anilines is 1. The van der Waals surface area contributed by atoms with Gasteiger partial charge in [0.05, 0.1) is 22.4 Å². The van der Waals surface area contributed by atoms with Gasteiger partial charge in [-0.05, 0) is 29.3 Å². The molecular formula is C23H17N3O2S. The SMILES string of the molecule is C#Cc1cc(Oc2ccc3nc(N[C@@H]4c5ccccc5C[C@@H]4O)sc3c2)ccn1. The lowest BCUT2D eigenvalue weighted by molar-refractivity contribution is 0.166. The highest BCUT2D eigenvalue weighted by Gasteiger charge is 2.31. The van der Waals surface area contributed by atoms with Gasteiger partial charge in [0, 0.05) is 24.8 Å². The summed E-state index contributed by atoms with van der Waals surface area (Å²) in [5, 5.41) is 14.7. The summed E-state index contributed by atoms with van der Waals surface area (Å²) in [6.45, 7) is 0. The van der Waals surface area contributed by atoms with Crippen LogP contribution in [0.5, 0.6) is 11.5 Å². The van der Waals surface area contributed by atoms with Crippen molar-refractivity contribution in [1.82, 2.24) is 9.97 Å². The Morgan fingerprint density at radius 2 is 2.00 bits per heavy atom. The van der Waals surface area contributed by atoms with Gasteiger partial charge in [-0.3, -0.25) is 0 Å². The van der Waals surface area contributed by atoms with Gasteiger partial charge in [-0.15, -0.1) is 6.42 Å². The molecule has 5 rings (SSSR count). The molecule has 0 amide bonds. The molecule has 1 aliphatic carbocycles. The molecule has 2 atom stereocenters. The summed E-state index contributed by atoms with van der Waals surface area (Å²) in [7, 11) is 0. The Morgan fingerprint density at radius 1 is 1.14 bits per heavy atom. The summed E-state index contributed by atoms with van der Waals surface area (Å²) in [5.74, 6) is 3.84. The maximum atomic E-state index is 10.5. The van der Waals surface area contributed by atoms with Crippen molar-refractivity contribution in [2.24, 2.45) is 0 Å². The van der Waals surface area contributed by atoms with Gasteiger partial charge in [0.25, 0.3) is 0 Å². The summed E-state index contributed by atoms with van der Waals surface area (Å²) < 4.78 is 6.92. The lowest BCUT2D eigenvalue weighted by atomic mass is 10.1. The molecule has 4 aromatic rings. The van der Waals surface area contributed by atoms with Crippen molar-refractivity contribution in [3.05, 3.63) is 77.6 Å². The Bertz CT molecular complexity index is 1240. The van der Waals surface area contributed by atoms with Crippen LogP contribution in [-0.2, 0) is 6.42 Å². The number of aliphatic hydroxyl groups is 1. The normalized spacial score (nSPS) is 17.7. The molecular weight excluding hydrogens is 382 g/mol. The second-order valence-electron chi connectivity index (χ2n) is 6.86. The van der Waals surface area contributed by atoms with Gasteiger partial charge in [-0.2, -0.15) is 0 Å². The standard InChI is InChI=1S/C23H17N3O2S/c1-2-15-12-17(9-10-24-15)28-16-7-8-19-21(13-16)29-23(25-19)26-22-18-6-4-3-5-14(18)11-20(22)27/h1,3-10,12-13,20,22,27H,11H2,(H,25,26)/t20-,22+/m0/s1. The van der Waals surface area contributed by atoms with E-state index < -0.39 is 6.10 Å². The molecule has 1 aliphatic rings. The van der Waals surface area contributed by atoms with E-state index >= 15 is 0 Å². The van der Waals surface area contributed by atoms with E-state index in [9.17, 15) is 5.11 Å². The van der Waals surface area contributed by atoms with E-state index in [0.717, 1.165) is 20.9 Å². The Hall–Kier alpha value is -3.40. The largest absolute Gasteiger partial charge is 0.457 e. The molecule has 2 heterocycles. The minimum Gasteiger partial charge on any atom is -0.457 e. The summed E-state index contributed by atoms with van der Waals surface area (Å²) in [4.78, 5) is 8.73. The predicted molar refractivity (Wildman–Crippen MR) is 114 cm³/mol. The Morgan fingerprint density at radius 3 is 2.90 bits per heavy atom. The number of terminal acetylenes is 1. The predicted octanol–water partition coefficient (Wildman–Crippen LogP) is 4.54. The lowest BCUT2D eigenvalue weighted by Gasteiger charge is -2.16. The zero-order chi connectivity index (χ0) is 19.8. The molecule has 0 saturated heterocycles. The fourth-order valence-electron chi connectivity index (χ4n) is 3.60. The molecule has 6 heteroatoms. The number of hydrogen-bond acceptors (Lipinski definition) is 6. The van der Waals surface area contributed by atoms with Crippen LogP contribution >= 0.6 is 11.3 Å². The van der Waals surface area contributed by atoms with Crippen molar-refractivity contribution < 1.29 is 9.84 Å². The minimum absolute atomic E-state index is 0.151. The summed E-state index contributed by atoms with van der Waals surface area (Å²) >= 11 is 1.54. The first kappa shape index (κ1) is 17.7. The van der Waals surface area contributed by atoms with Crippen molar-refractivity contribution in [2.45, 2.75) is 18.6 Å². The molecule has 0 saturated carbocycles. The van der Waals surface area contributed by atoms with E-state index in [1.165, 1.54) is 16.9 Å². The molecule has 0 unspecified atom stereocenters. The average Bonchev–Trinajstić information content (AvgIpc) is 3.28. The van der Waals surface area contributed by atoms with Crippen LogP contribution in [0.2, 0.25) is 0 Å². The Balaban J connectivity index is 1.39. The third-order valence-corrected chi connectivity index (χ3v) is 5.91. The number of ether oxygens (including phenoxy) is 1. The third-order valence-electron chi connectivity index (χ3n) is 4.96. The van der Waals surface area contributed by atoms with Crippen molar-refractivity contribution >= 4 is 26.7 Å². The van der Waals surface area contributed by atoms with Crippen LogP contribution in [0.4, 0.5) is 5.13 Å². The number of thiazole rings is 1. The number of hydrogen-bond donors (Lipinski definition) is 2. The van der Waals surface area contributed by atoms with Crippen LogP contribution in [0.25, 0.3) is 10.2 Å². The zero-order valence-corrected chi connectivity index (χ0v) is 16.2. The van der Waals surface area contributed by atoms with Gasteiger partial charge in [0.15, 0.2) is 5.13 Å². The molecule has 0 radical (unpaired) electrons. The quantitative estimate of drug-likeness (QED) is 0.494. The van der Waals surface area contributed by atoms with Crippen LogP contribution in [-0.4, -0.2) is 21.2 Å². The maximum Gasteiger partial charge on any atom is 0.184 e. The summed E-state index contributed by atoms with van der Waals surface area (Å²) in [6.07, 6.45) is 7.22. The van der Waals surface area contributed by atoms with Crippen molar-refractivity contribution in [1.29, 1.82) is 0 Å². The van der Waals surface area contributed by atoms with E-state index in [1.54, 1.807) is 18.3 Å². The topological polar surface area (TPSA) is 67.3 Å². The third kappa shape index (κ3) is 3.42. The maximum absolute atomic E-state index is 10.5. The van der Waals surface area contributed by atoms with Crippen molar-refractivity contribution in [3.8, 4) is 23.8 Å². The Kier molecular flexibility index (Phi) is 4.39. The minimum atomic E-state index is -0.463. The molecule has 0 bridgehead atoms. The molecule has 29 heavy (non-hydrogen) atoms. The van der Waals surface area contributed by atoms with Crippen LogP contribution in [0.15, 0.2) is 60.8 Å². The smallest absolute Gasteiger partial charge is 0.184 e. The van der Waals surface area contributed by atoms with E-state index in [-0.39, 0.29) is 6.04 Å². The molecule has 5 nitrogen and oxygen atoms in total. The van der Waals surface area contributed by atoms with Gasteiger partial charge in [-0.1, -0.05) is 41.5 Å². The number of nitrogens with one attached hydrogen (secondary N) is 1. The van der Waals surface area contributed by atoms with Crippen molar-refractivity contribution in [2.75, 3.05) is 5.32 Å². The number of nitrogens with zero attached hydrogens (tertiary/aromatic N) is 2. The lowest BCUT2D eigenvalue weighted by Crippen LogP contribution is -2.20. The van der Waals surface area contributed by atoms with Crippen LogP contribution in [0.3, 0.4) is 0 Å². The van der Waals surface area contributed by atoms with Crippen LogP contribution < -0.4 is 10.1 Å². The molecule has 142 valence electrons. The van der Waals surface area contributed by atoms with E-state index in [0.29, 0.717) is 23.6 Å². The Labute approximate surface area is 172 Å². The number of benzene rings is 2. The highest BCUT2D eigenvalue weighted by molar-refractivity contribution is 7.22.